The molecular formula is C22H37N3OS. The van der Waals surface area contributed by atoms with E-state index in [1.807, 2.05) is 0 Å². The molecule has 0 saturated heterocycles. The van der Waals surface area contributed by atoms with Gasteiger partial charge in [0.15, 0.2) is 5.11 Å². The summed E-state index contributed by atoms with van der Waals surface area (Å²) >= 11 is 4.92. The lowest BCUT2D eigenvalue weighted by Crippen LogP contribution is -2.54. The molecule has 4 saturated carbocycles. The molecule has 4 fully saturated rings. The fraction of sp³-hybridized carbons (Fsp3) is 0.909. The first-order valence-electron chi connectivity index (χ1n) is 11.0. The summed E-state index contributed by atoms with van der Waals surface area (Å²) in [6, 6.07) is 0. The molecule has 0 aromatic heterocycles. The number of thiocarbonyl (C=S) groups is 1. The number of aliphatic hydroxyl groups excluding tert-OH is 1. The van der Waals surface area contributed by atoms with Crippen LogP contribution in [-0.2, 0) is 0 Å². The second-order valence-corrected chi connectivity index (χ2v) is 10.9. The number of nitrogens with zero attached hydrogens (tertiary/aromatic N) is 1. The highest BCUT2D eigenvalue weighted by Gasteiger charge is 2.60. The van der Waals surface area contributed by atoms with Gasteiger partial charge in [0.05, 0.1) is 6.10 Å². The van der Waals surface area contributed by atoms with E-state index in [0.717, 1.165) is 36.5 Å². The highest BCUT2D eigenvalue weighted by Crippen LogP contribution is 2.67. The highest BCUT2D eigenvalue weighted by molar-refractivity contribution is 7.80. The molecule has 0 spiro atoms. The topological polar surface area (TPSA) is 70.6 Å². The van der Waals surface area contributed by atoms with Gasteiger partial charge in [-0.2, -0.15) is 5.10 Å². The van der Waals surface area contributed by atoms with Crippen molar-refractivity contribution in [2.24, 2.45) is 51.3 Å². The quantitative estimate of drug-likeness (QED) is 0.374. The van der Waals surface area contributed by atoms with Gasteiger partial charge in [-0.05, 0) is 111 Å². The highest BCUT2D eigenvalue weighted by atomic mass is 32.1. The van der Waals surface area contributed by atoms with Crippen LogP contribution in [0.5, 0.6) is 0 Å². The molecule has 152 valence electrons. The summed E-state index contributed by atoms with van der Waals surface area (Å²) in [5.74, 6) is 3.82. The molecule has 0 heterocycles. The number of hydrogen-bond donors (Lipinski definition) is 3. The average molecular weight is 392 g/mol. The number of nitrogens with one attached hydrogen (secondary N) is 1. The van der Waals surface area contributed by atoms with Crippen LogP contribution in [0.4, 0.5) is 0 Å². The molecule has 0 unspecified atom stereocenters. The Bertz CT molecular complexity index is 637. The second kappa shape index (κ2) is 6.98. The largest absolute Gasteiger partial charge is 0.393 e. The van der Waals surface area contributed by atoms with Crippen LogP contribution >= 0.6 is 12.2 Å². The van der Waals surface area contributed by atoms with E-state index in [4.69, 9.17) is 18.0 Å². The summed E-state index contributed by atoms with van der Waals surface area (Å²) in [7, 11) is 0. The minimum atomic E-state index is -0.0515. The summed E-state index contributed by atoms with van der Waals surface area (Å²) < 4.78 is 0. The first kappa shape index (κ1) is 19.6. The first-order chi connectivity index (χ1) is 12.8. The molecule has 0 radical (unpaired) electrons. The van der Waals surface area contributed by atoms with Gasteiger partial charge in [0.25, 0.3) is 0 Å². The average Bonchev–Trinajstić information content (AvgIpc) is 2.97. The zero-order valence-corrected chi connectivity index (χ0v) is 18.0. The molecule has 4 nitrogen and oxygen atoms in total. The Morgan fingerprint density at radius 1 is 1.04 bits per heavy atom. The van der Waals surface area contributed by atoms with Crippen molar-refractivity contribution in [1.29, 1.82) is 0 Å². The van der Waals surface area contributed by atoms with Crippen molar-refractivity contribution in [3.05, 3.63) is 0 Å². The molecule has 5 heteroatoms. The van der Waals surface area contributed by atoms with Gasteiger partial charge in [-0.25, -0.2) is 0 Å². The van der Waals surface area contributed by atoms with Crippen LogP contribution in [0.3, 0.4) is 0 Å². The van der Waals surface area contributed by atoms with E-state index in [1.54, 1.807) is 0 Å². The van der Waals surface area contributed by atoms with Crippen molar-refractivity contribution in [2.45, 2.75) is 84.7 Å². The normalized spacial score (nSPS) is 49.7. The van der Waals surface area contributed by atoms with E-state index in [2.05, 4.69) is 31.3 Å². The Kier molecular flexibility index (Phi) is 5.07. The SMILES string of the molecule is C/C(=N\NC(N)=S)[C@H]1CC[C@H]2[C@H]3CC[C@H]4C[C@@H](O)CC[C@]4(C)[C@@H]3CC[C@]12C. The second-order valence-electron chi connectivity index (χ2n) is 10.5. The number of aliphatic hydroxyl groups is 1. The van der Waals surface area contributed by atoms with Gasteiger partial charge < -0.3 is 10.8 Å². The number of rotatable bonds is 2. The van der Waals surface area contributed by atoms with Gasteiger partial charge in [-0.15, -0.1) is 0 Å². The standard InChI is InChI=1S/C22H37N3OS/c1-13(24-25-20(23)27)17-6-7-18-16-5-4-14-12-15(26)8-10-21(14,2)19(16)9-11-22(17,18)3/h14-19,26H,4-12H2,1-3H3,(H3,23,25,27)/b24-13+/t14-,15-,16+,17+,18-,19+,21-,22+/m0/s1. The summed E-state index contributed by atoms with van der Waals surface area (Å²) in [6.07, 6.45) is 11.2. The Balaban J connectivity index is 1.55. The summed E-state index contributed by atoms with van der Waals surface area (Å²) in [5, 5.41) is 15.0. The van der Waals surface area contributed by atoms with E-state index in [-0.39, 0.29) is 11.2 Å². The zero-order chi connectivity index (χ0) is 19.4. The van der Waals surface area contributed by atoms with Crippen LogP contribution in [0.25, 0.3) is 0 Å². The fourth-order valence-electron chi connectivity index (χ4n) is 8.14. The fourth-order valence-corrected chi connectivity index (χ4v) is 8.19. The molecule has 27 heavy (non-hydrogen) atoms. The van der Waals surface area contributed by atoms with Gasteiger partial charge in [-0.3, -0.25) is 5.43 Å². The third kappa shape index (κ3) is 3.13. The third-order valence-corrected chi connectivity index (χ3v) is 9.58. The minimum Gasteiger partial charge on any atom is -0.393 e. The van der Waals surface area contributed by atoms with Crippen LogP contribution in [-0.4, -0.2) is 22.0 Å². The molecule has 4 aliphatic rings. The zero-order valence-electron chi connectivity index (χ0n) is 17.2. The predicted molar refractivity (Wildman–Crippen MR) is 114 cm³/mol. The van der Waals surface area contributed by atoms with Gasteiger partial charge in [-0.1, -0.05) is 13.8 Å². The third-order valence-electron chi connectivity index (χ3n) is 9.48. The van der Waals surface area contributed by atoms with Crippen molar-refractivity contribution < 1.29 is 5.11 Å². The van der Waals surface area contributed by atoms with Crippen molar-refractivity contribution >= 4 is 23.0 Å². The maximum Gasteiger partial charge on any atom is 0.184 e. The summed E-state index contributed by atoms with van der Waals surface area (Å²) in [4.78, 5) is 0. The molecule has 0 aliphatic heterocycles. The minimum absolute atomic E-state index is 0.0515. The molecule has 4 aliphatic carbocycles. The monoisotopic (exact) mass is 391 g/mol. The van der Waals surface area contributed by atoms with E-state index in [0.29, 0.717) is 16.7 Å². The van der Waals surface area contributed by atoms with Crippen molar-refractivity contribution in [3.63, 3.8) is 0 Å². The molecule has 0 aromatic rings. The maximum absolute atomic E-state index is 10.2. The van der Waals surface area contributed by atoms with Gasteiger partial charge in [0.1, 0.15) is 0 Å². The maximum atomic E-state index is 10.2. The van der Waals surface area contributed by atoms with Crippen molar-refractivity contribution in [3.8, 4) is 0 Å². The number of nitrogens with two attached hydrogens (primary N) is 1. The van der Waals surface area contributed by atoms with E-state index >= 15 is 0 Å². The smallest absolute Gasteiger partial charge is 0.184 e. The summed E-state index contributed by atoms with van der Waals surface area (Å²) in [5.41, 5.74) is 10.4. The number of hydrazone groups is 1. The van der Waals surface area contributed by atoms with Crippen molar-refractivity contribution in [1.82, 2.24) is 5.43 Å². The number of hydrogen-bond acceptors (Lipinski definition) is 3. The Morgan fingerprint density at radius 2 is 1.74 bits per heavy atom. The van der Waals surface area contributed by atoms with E-state index in [9.17, 15) is 5.11 Å². The van der Waals surface area contributed by atoms with Crippen LogP contribution < -0.4 is 11.2 Å². The predicted octanol–water partition coefficient (Wildman–Crippen LogP) is 4.22. The van der Waals surface area contributed by atoms with Crippen molar-refractivity contribution in [2.75, 3.05) is 0 Å². The Morgan fingerprint density at radius 3 is 2.48 bits per heavy atom. The van der Waals surface area contributed by atoms with E-state index in [1.165, 1.54) is 50.7 Å². The Labute approximate surface area is 169 Å². The van der Waals surface area contributed by atoms with Crippen LogP contribution in [0.2, 0.25) is 0 Å². The molecule has 8 atom stereocenters. The first-order valence-corrected chi connectivity index (χ1v) is 11.4. The van der Waals surface area contributed by atoms with Crippen LogP contribution in [0.15, 0.2) is 5.10 Å². The molecule has 0 amide bonds. The van der Waals surface area contributed by atoms with Crippen LogP contribution in [0.1, 0.15) is 78.6 Å². The van der Waals surface area contributed by atoms with E-state index < -0.39 is 0 Å². The molecular weight excluding hydrogens is 354 g/mol. The molecule has 0 bridgehead atoms. The lowest BCUT2D eigenvalue weighted by molar-refractivity contribution is -0.123. The van der Waals surface area contributed by atoms with Gasteiger partial charge in [0, 0.05) is 11.6 Å². The Hall–Kier alpha value is -0.680. The van der Waals surface area contributed by atoms with Gasteiger partial charge in [0.2, 0.25) is 0 Å². The number of fused-ring (bicyclic) bond motifs is 5. The lowest BCUT2D eigenvalue weighted by atomic mass is 9.44. The lowest BCUT2D eigenvalue weighted by Gasteiger charge is -2.61. The molecule has 4 rings (SSSR count). The molecule has 0 aromatic carbocycles. The van der Waals surface area contributed by atoms with Crippen LogP contribution in [0, 0.1) is 40.4 Å². The molecule has 4 N–H and O–H groups in total. The van der Waals surface area contributed by atoms with Gasteiger partial charge >= 0.3 is 0 Å². The summed E-state index contributed by atoms with van der Waals surface area (Å²) in [6.45, 7) is 7.25.